The molecule has 124 valence electrons. The summed E-state index contributed by atoms with van der Waals surface area (Å²) in [4.78, 5) is 31.7. The lowest BCUT2D eigenvalue weighted by molar-refractivity contribution is 0.102. The van der Waals surface area contributed by atoms with Crippen molar-refractivity contribution in [3.63, 3.8) is 0 Å². The molecule has 0 aliphatic heterocycles. The van der Waals surface area contributed by atoms with E-state index < -0.39 is 0 Å². The van der Waals surface area contributed by atoms with Crippen LogP contribution < -0.4 is 15.9 Å². The third-order valence-electron chi connectivity index (χ3n) is 4.02. The van der Waals surface area contributed by atoms with E-state index in [4.69, 9.17) is 0 Å². The zero-order chi connectivity index (χ0) is 17.1. The smallest absolute Gasteiger partial charge is 0.323 e. The molecule has 0 aliphatic rings. The molecule has 0 radical (unpaired) electrons. The van der Waals surface area contributed by atoms with Crippen LogP contribution in [0.15, 0.2) is 47.3 Å². The van der Waals surface area contributed by atoms with Crippen LogP contribution >= 0.6 is 0 Å². The highest BCUT2D eigenvalue weighted by Crippen LogP contribution is 2.30. The van der Waals surface area contributed by atoms with Crippen molar-refractivity contribution in [3.8, 4) is 0 Å². The van der Waals surface area contributed by atoms with Gasteiger partial charge in [0.1, 0.15) is 0 Å². The summed E-state index contributed by atoms with van der Waals surface area (Å²) in [6.45, 7) is 5.70. The third-order valence-corrected chi connectivity index (χ3v) is 4.02. The Kier molecular flexibility index (Phi) is 4.37. The first-order chi connectivity index (χ1) is 11.6. The number of imidazole rings is 1. The van der Waals surface area contributed by atoms with Crippen molar-refractivity contribution in [2.24, 2.45) is 0 Å². The Labute approximate surface area is 139 Å². The van der Waals surface area contributed by atoms with Crippen molar-refractivity contribution in [3.05, 3.63) is 58.5 Å². The summed E-state index contributed by atoms with van der Waals surface area (Å²) < 4.78 is 0. The van der Waals surface area contributed by atoms with Crippen LogP contribution in [-0.2, 0) is 0 Å². The first kappa shape index (κ1) is 15.9. The molecular weight excluding hydrogens is 304 g/mol. The maximum Gasteiger partial charge on any atom is 0.323 e. The van der Waals surface area contributed by atoms with Crippen molar-refractivity contribution in [1.82, 2.24) is 9.97 Å². The Morgan fingerprint density at radius 3 is 2.29 bits per heavy atom. The molecule has 0 spiro atoms. The number of nitrogens with one attached hydrogen (secondary N) is 3. The van der Waals surface area contributed by atoms with E-state index >= 15 is 0 Å². The minimum atomic E-state index is -0.262. The van der Waals surface area contributed by atoms with Crippen LogP contribution in [0, 0.1) is 0 Å². The van der Waals surface area contributed by atoms with E-state index in [1.54, 1.807) is 18.2 Å². The molecule has 3 aromatic rings. The van der Waals surface area contributed by atoms with Crippen molar-refractivity contribution in [2.45, 2.75) is 13.8 Å². The number of carbonyl (C=O) groups excluding carboxylic acids is 1. The first-order valence-corrected chi connectivity index (χ1v) is 7.99. The van der Waals surface area contributed by atoms with E-state index in [1.165, 1.54) is 0 Å². The standard InChI is InChI=1S/C18H20N4O2/c1-3-22(4-2)16-11-14-13(20-18(24)21-14)10-15(16)19-17(23)12-8-6-5-7-9-12/h5-11H,3-4H2,1-2H3,(H,19,23)(H2,20,21,24). The van der Waals surface area contributed by atoms with Crippen molar-refractivity contribution in [1.29, 1.82) is 0 Å². The van der Waals surface area contributed by atoms with Gasteiger partial charge in [0.05, 0.1) is 22.4 Å². The number of hydrogen-bond donors (Lipinski definition) is 3. The fourth-order valence-electron chi connectivity index (χ4n) is 2.78. The fourth-order valence-corrected chi connectivity index (χ4v) is 2.78. The summed E-state index contributed by atoms with van der Waals surface area (Å²) in [6.07, 6.45) is 0. The summed E-state index contributed by atoms with van der Waals surface area (Å²) in [5.74, 6) is -0.179. The van der Waals surface area contributed by atoms with E-state index in [2.05, 4.69) is 34.0 Å². The fraction of sp³-hybridized carbons (Fsp3) is 0.222. The van der Waals surface area contributed by atoms with Gasteiger partial charge in [-0.15, -0.1) is 0 Å². The van der Waals surface area contributed by atoms with E-state index in [9.17, 15) is 9.59 Å². The average Bonchev–Trinajstić information content (AvgIpc) is 2.96. The molecule has 0 fully saturated rings. The van der Waals surface area contributed by atoms with Gasteiger partial charge in [-0.05, 0) is 38.1 Å². The molecule has 6 heteroatoms. The molecule has 3 N–H and O–H groups in total. The SMILES string of the molecule is CCN(CC)c1cc2[nH]c(=O)[nH]c2cc1NC(=O)c1ccccc1. The number of H-pyrrole nitrogens is 2. The third kappa shape index (κ3) is 3.03. The van der Waals surface area contributed by atoms with Gasteiger partial charge in [-0.2, -0.15) is 0 Å². The molecule has 0 unspecified atom stereocenters. The number of anilines is 2. The Morgan fingerprint density at radius 2 is 1.67 bits per heavy atom. The van der Waals surface area contributed by atoms with E-state index in [1.807, 2.05) is 24.3 Å². The van der Waals surface area contributed by atoms with Crippen LogP contribution in [0.3, 0.4) is 0 Å². The molecule has 0 bridgehead atoms. The molecule has 0 saturated heterocycles. The normalized spacial score (nSPS) is 10.8. The lowest BCUT2D eigenvalue weighted by Crippen LogP contribution is -2.24. The number of aromatic amines is 2. The molecule has 6 nitrogen and oxygen atoms in total. The topological polar surface area (TPSA) is 81.0 Å². The van der Waals surface area contributed by atoms with E-state index in [0.29, 0.717) is 16.8 Å². The average molecular weight is 324 g/mol. The highest BCUT2D eigenvalue weighted by atomic mass is 16.2. The van der Waals surface area contributed by atoms with Gasteiger partial charge >= 0.3 is 5.69 Å². The predicted octanol–water partition coefficient (Wildman–Crippen LogP) is 2.95. The van der Waals surface area contributed by atoms with Crippen molar-refractivity contribution < 1.29 is 4.79 Å². The minimum Gasteiger partial charge on any atom is -0.370 e. The Balaban J connectivity index is 2.05. The van der Waals surface area contributed by atoms with Gasteiger partial charge < -0.3 is 20.2 Å². The number of fused-ring (bicyclic) bond motifs is 1. The first-order valence-electron chi connectivity index (χ1n) is 7.99. The number of rotatable bonds is 5. The minimum absolute atomic E-state index is 0.179. The second-order valence-electron chi connectivity index (χ2n) is 5.49. The summed E-state index contributed by atoms with van der Waals surface area (Å²) in [5.41, 5.74) is 3.27. The van der Waals surface area contributed by atoms with E-state index in [-0.39, 0.29) is 11.6 Å². The molecule has 0 atom stereocenters. The Hall–Kier alpha value is -3.02. The zero-order valence-corrected chi connectivity index (χ0v) is 13.7. The van der Waals surface area contributed by atoms with Crippen LogP contribution in [0.5, 0.6) is 0 Å². The van der Waals surface area contributed by atoms with Gasteiger partial charge in [0.25, 0.3) is 5.91 Å². The van der Waals surface area contributed by atoms with Gasteiger partial charge in [-0.1, -0.05) is 18.2 Å². The van der Waals surface area contributed by atoms with Crippen LogP contribution in [-0.4, -0.2) is 29.0 Å². The highest BCUT2D eigenvalue weighted by molar-refractivity contribution is 6.07. The number of hydrogen-bond acceptors (Lipinski definition) is 3. The summed E-state index contributed by atoms with van der Waals surface area (Å²) in [6, 6.07) is 12.7. The number of aromatic nitrogens is 2. The van der Waals surface area contributed by atoms with Crippen molar-refractivity contribution in [2.75, 3.05) is 23.3 Å². The zero-order valence-electron chi connectivity index (χ0n) is 13.7. The second-order valence-corrected chi connectivity index (χ2v) is 5.49. The Bertz CT molecular complexity index is 908. The molecule has 24 heavy (non-hydrogen) atoms. The molecule has 0 saturated carbocycles. The highest BCUT2D eigenvalue weighted by Gasteiger charge is 2.15. The van der Waals surface area contributed by atoms with Crippen LogP contribution in [0.1, 0.15) is 24.2 Å². The maximum absolute atomic E-state index is 12.5. The lowest BCUT2D eigenvalue weighted by atomic mass is 10.1. The molecule has 0 aliphatic carbocycles. The summed E-state index contributed by atoms with van der Waals surface area (Å²) in [7, 11) is 0. The lowest BCUT2D eigenvalue weighted by Gasteiger charge is -2.24. The molecule has 1 aromatic heterocycles. The molecule has 2 aromatic carbocycles. The van der Waals surface area contributed by atoms with Gasteiger partial charge in [0, 0.05) is 18.7 Å². The predicted molar refractivity (Wildman–Crippen MR) is 96.9 cm³/mol. The monoisotopic (exact) mass is 324 g/mol. The molecule has 1 amide bonds. The van der Waals surface area contributed by atoms with Gasteiger partial charge in [-0.3, -0.25) is 4.79 Å². The van der Waals surface area contributed by atoms with Gasteiger partial charge in [-0.25, -0.2) is 4.79 Å². The largest absolute Gasteiger partial charge is 0.370 e. The van der Waals surface area contributed by atoms with Crippen LogP contribution in [0.25, 0.3) is 11.0 Å². The summed E-state index contributed by atoms with van der Waals surface area (Å²) >= 11 is 0. The van der Waals surface area contributed by atoms with Crippen molar-refractivity contribution >= 4 is 28.3 Å². The quantitative estimate of drug-likeness (QED) is 0.675. The maximum atomic E-state index is 12.5. The second kappa shape index (κ2) is 6.62. The van der Waals surface area contributed by atoms with E-state index in [0.717, 1.165) is 24.3 Å². The Morgan fingerprint density at radius 1 is 1.04 bits per heavy atom. The molecule has 3 rings (SSSR count). The summed E-state index contributed by atoms with van der Waals surface area (Å²) in [5, 5.41) is 2.96. The number of carbonyl (C=O) groups is 1. The number of amides is 1. The van der Waals surface area contributed by atoms with Crippen LogP contribution in [0.4, 0.5) is 11.4 Å². The van der Waals surface area contributed by atoms with Gasteiger partial charge in [0.15, 0.2) is 0 Å². The number of benzene rings is 2. The van der Waals surface area contributed by atoms with Crippen LogP contribution in [0.2, 0.25) is 0 Å². The number of nitrogens with zero attached hydrogens (tertiary/aromatic N) is 1. The molecule has 1 heterocycles. The van der Waals surface area contributed by atoms with Gasteiger partial charge in [0.2, 0.25) is 0 Å². The molecular formula is C18H20N4O2.